The average Bonchev–Trinajstić information content (AvgIpc) is 3.42. The molecule has 7 aromatic rings. The van der Waals surface area contributed by atoms with Gasteiger partial charge in [-0.05, 0) is 154 Å². The normalized spacial score (nSPS) is 15.9. The maximum absolute atomic E-state index is 13.6. The second kappa shape index (κ2) is 31.6. The maximum Gasteiger partial charge on any atom is 2.00 e. The molecule has 400 valence electrons. The summed E-state index contributed by atoms with van der Waals surface area (Å²) in [6.45, 7) is 5.67. The number of para-hydroxylation sites is 1. The Kier molecular flexibility index (Phi) is 26.5. The molecule has 1 N–H and O–H groups in total. The quantitative estimate of drug-likeness (QED) is 0.126. The van der Waals surface area contributed by atoms with Crippen LogP contribution in [0.2, 0.25) is 10.0 Å². The molecule has 3 heterocycles. The Morgan fingerprint density at radius 1 is 0.526 bits per heavy atom. The van der Waals surface area contributed by atoms with E-state index in [2.05, 4.69) is 39.9 Å². The van der Waals surface area contributed by atoms with Crippen molar-refractivity contribution in [3.8, 4) is 33.8 Å². The van der Waals surface area contributed by atoms with E-state index >= 15 is 0 Å². The van der Waals surface area contributed by atoms with Crippen LogP contribution in [0.5, 0.6) is 11.5 Å². The Morgan fingerprint density at radius 2 is 0.961 bits per heavy atom. The van der Waals surface area contributed by atoms with Crippen molar-refractivity contribution in [2.45, 2.75) is 49.5 Å². The van der Waals surface area contributed by atoms with Gasteiger partial charge in [0.1, 0.15) is 28.9 Å². The van der Waals surface area contributed by atoms with Gasteiger partial charge < -0.3 is 30.7 Å². The van der Waals surface area contributed by atoms with E-state index in [0.29, 0.717) is 10.8 Å². The summed E-state index contributed by atoms with van der Waals surface area (Å²) >= 11 is 12.2. The number of hydrogen-bond acceptors (Lipinski definition) is 7. The van der Waals surface area contributed by atoms with Crippen LogP contribution in [0.3, 0.4) is 0 Å². The van der Waals surface area contributed by atoms with Crippen LogP contribution in [0.4, 0.5) is 13.2 Å². The fourth-order valence-electron chi connectivity index (χ4n) is 9.21. The van der Waals surface area contributed by atoms with Crippen LogP contribution in [0.25, 0.3) is 22.3 Å². The number of methoxy groups -OCH3 is 2. The Balaban J connectivity index is 0.000000276. The van der Waals surface area contributed by atoms with Gasteiger partial charge in [0, 0.05) is 71.4 Å². The van der Waals surface area contributed by atoms with E-state index in [-0.39, 0.29) is 64.3 Å². The molecular formula is C62H69BrCl2F3MgN3O4. The molecular weight excluding hydrogens is 1080 g/mol. The van der Waals surface area contributed by atoms with Crippen molar-refractivity contribution < 1.29 is 34.0 Å². The number of nitrogens with zero attached hydrogens (tertiary/aromatic N) is 3. The predicted molar refractivity (Wildman–Crippen MR) is 312 cm³/mol. The monoisotopic (exact) mass is 1150 g/mol. The Bertz CT molecular complexity index is 2830. The van der Waals surface area contributed by atoms with Gasteiger partial charge in [-0.25, -0.2) is 13.2 Å². The van der Waals surface area contributed by atoms with Crippen molar-refractivity contribution >= 4 is 69.0 Å². The third kappa shape index (κ3) is 18.7. The summed E-state index contributed by atoms with van der Waals surface area (Å²) < 4.78 is 49.2. The Morgan fingerprint density at radius 3 is 1.43 bits per heavy atom. The van der Waals surface area contributed by atoms with Gasteiger partial charge in [0.05, 0.1) is 19.8 Å². The minimum Gasteiger partial charge on any atom is -1.00 e. The minimum absolute atomic E-state index is 0. The zero-order valence-corrected chi connectivity index (χ0v) is 48.7. The second-order valence-corrected chi connectivity index (χ2v) is 19.8. The number of Topliss-reactive ketones (excluding diaryl/α,β-unsaturated/α-hetero) is 1. The maximum atomic E-state index is 13.6. The van der Waals surface area contributed by atoms with Crippen molar-refractivity contribution in [2.75, 3.05) is 74.6 Å². The molecule has 0 saturated carbocycles. The first kappa shape index (κ1) is 63.8. The predicted octanol–water partition coefficient (Wildman–Crippen LogP) is 14.1. The third-order valence-electron chi connectivity index (χ3n) is 13.8. The molecule has 0 bridgehead atoms. The van der Waals surface area contributed by atoms with Crippen LogP contribution in [0, 0.1) is 23.5 Å². The molecule has 0 amide bonds. The van der Waals surface area contributed by atoms with Gasteiger partial charge in [0.25, 0.3) is 0 Å². The molecule has 0 aliphatic carbocycles. The van der Waals surface area contributed by atoms with Gasteiger partial charge in [0.15, 0.2) is 0 Å². The van der Waals surface area contributed by atoms with Crippen LogP contribution in [0.15, 0.2) is 164 Å². The van der Waals surface area contributed by atoms with E-state index in [1.807, 2.05) is 105 Å². The van der Waals surface area contributed by atoms with Crippen molar-refractivity contribution in [3.63, 3.8) is 0 Å². The van der Waals surface area contributed by atoms with Crippen LogP contribution < -0.4 is 9.47 Å². The molecule has 3 aliphatic rings. The Hall–Kier alpha value is -4.73. The molecule has 76 heavy (non-hydrogen) atoms. The Labute approximate surface area is 486 Å². The molecule has 0 radical (unpaired) electrons. The molecule has 3 saturated heterocycles. The SMILES string of the molecule is Br.CN1CCC(=O)CC1.CN1CCC(O)(c2ccc(F)cc2)CC1.COc1ccc(C2(c3ccc(F)cc3)CCN(C)CC2)cc1-c1cccc(Cl)c1.COc1ccccc1-c1cccc(Cl)c1.Fc1cc[c-]cc1.[H-].[Mg+2]. The first-order valence-electron chi connectivity index (χ1n) is 24.9. The summed E-state index contributed by atoms with van der Waals surface area (Å²) in [4.78, 5) is 17.3. The number of hydrogen-bond donors (Lipinski definition) is 1. The number of halogens is 6. The molecule has 7 nitrogen and oxygen atoms in total. The molecule has 3 aliphatic heterocycles. The van der Waals surface area contributed by atoms with Gasteiger partial charge in [0.2, 0.25) is 0 Å². The molecule has 0 spiro atoms. The average molecular weight is 1150 g/mol. The van der Waals surface area contributed by atoms with Gasteiger partial charge in [-0.1, -0.05) is 96.0 Å². The number of ether oxygens (including phenoxy) is 2. The molecule has 7 aromatic carbocycles. The number of benzene rings is 7. The minimum atomic E-state index is -0.764. The number of carbonyl (C=O) groups excluding carboxylic acids is 1. The number of aliphatic hydroxyl groups is 1. The van der Waals surface area contributed by atoms with Gasteiger partial charge in [-0.2, -0.15) is 18.2 Å². The standard InChI is InChI=1S/C25H25ClFNO.C13H11ClO.C12H16FNO.C6H4F.C6H11NO.BrH.Mg.H/c1-28-14-12-25(13-15-28,19-6-9-22(27)10-7-19)20-8-11-24(29-2)23(17-20)18-4-3-5-21(26)16-18;1-15-13-8-3-2-7-12(13)10-5-4-6-11(14)9-10;1-14-8-6-12(15,7-9-14)10-2-4-11(13)5-3-10;7-6-4-2-1-3-5-6;1-7-4-2-6(8)3-5-7;;;/h3-11,16-17H,12-15H2,1-2H3;2-9H,1H3;2-5,15H,6-9H2,1H3;2-5H;2-5H2,1H3;1H;;/q;;;-1;;;+2;-1. The summed E-state index contributed by atoms with van der Waals surface area (Å²) in [7, 11) is 9.61. The van der Waals surface area contributed by atoms with E-state index in [9.17, 15) is 23.1 Å². The van der Waals surface area contributed by atoms with E-state index in [1.165, 1.54) is 42.0 Å². The van der Waals surface area contributed by atoms with E-state index in [4.69, 9.17) is 32.7 Å². The van der Waals surface area contributed by atoms with Crippen LogP contribution in [-0.4, -0.2) is 123 Å². The summed E-state index contributed by atoms with van der Waals surface area (Å²) in [6, 6.07) is 51.6. The van der Waals surface area contributed by atoms with Gasteiger partial charge in [-0.3, -0.25) is 4.79 Å². The van der Waals surface area contributed by atoms with Crippen LogP contribution in [0.1, 0.15) is 56.6 Å². The number of rotatable bonds is 7. The topological polar surface area (TPSA) is 65.5 Å². The summed E-state index contributed by atoms with van der Waals surface area (Å²) in [5.74, 6) is 1.43. The fraction of sp³-hybridized carbons (Fsp3) is 0.306. The third-order valence-corrected chi connectivity index (χ3v) is 14.3. The van der Waals surface area contributed by atoms with Crippen LogP contribution in [-0.2, 0) is 15.8 Å². The van der Waals surface area contributed by atoms with E-state index in [1.54, 1.807) is 38.5 Å². The number of ketones is 1. The molecule has 14 heteroatoms. The summed E-state index contributed by atoms with van der Waals surface area (Å²) in [6.07, 6.45) is 4.92. The molecule has 0 unspecified atom stereocenters. The van der Waals surface area contributed by atoms with Crippen LogP contribution >= 0.6 is 40.2 Å². The zero-order chi connectivity index (χ0) is 53.1. The zero-order valence-electron chi connectivity index (χ0n) is 45.1. The summed E-state index contributed by atoms with van der Waals surface area (Å²) in [5, 5.41) is 11.8. The van der Waals surface area contributed by atoms with Crippen molar-refractivity contribution in [3.05, 3.63) is 214 Å². The van der Waals surface area contributed by atoms with Gasteiger partial charge >= 0.3 is 23.1 Å². The number of carbonyl (C=O) groups is 1. The largest absolute Gasteiger partial charge is 2.00 e. The molecule has 3 fully saturated rings. The fourth-order valence-corrected chi connectivity index (χ4v) is 9.59. The summed E-state index contributed by atoms with van der Waals surface area (Å²) in [5.41, 5.74) is 6.48. The molecule has 0 aromatic heterocycles. The molecule has 10 rings (SSSR count). The second-order valence-electron chi connectivity index (χ2n) is 18.9. The van der Waals surface area contributed by atoms with Crippen molar-refractivity contribution in [1.29, 1.82) is 0 Å². The smallest absolute Gasteiger partial charge is 1.00 e. The van der Waals surface area contributed by atoms with E-state index < -0.39 is 5.60 Å². The first-order valence-corrected chi connectivity index (χ1v) is 25.6. The number of piperidine rings is 3. The van der Waals surface area contributed by atoms with Gasteiger partial charge in [-0.15, -0.1) is 29.1 Å². The van der Waals surface area contributed by atoms with Crippen molar-refractivity contribution in [2.24, 2.45) is 0 Å². The number of likely N-dealkylation sites (tertiary alicyclic amines) is 3. The van der Waals surface area contributed by atoms with Crippen molar-refractivity contribution in [1.82, 2.24) is 14.7 Å². The van der Waals surface area contributed by atoms with E-state index in [0.717, 1.165) is 128 Å². The molecule has 0 atom stereocenters. The first-order chi connectivity index (χ1) is 35.6.